The van der Waals surface area contributed by atoms with Gasteiger partial charge in [-0.2, -0.15) is 0 Å². The number of esters is 1. The number of aryl methyl sites for hydroxylation is 2. The molecule has 3 aromatic carbocycles. The second-order valence-corrected chi connectivity index (χ2v) is 15.8. The van der Waals surface area contributed by atoms with Crippen molar-refractivity contribution >= 4 is 48.7 Å². The van der Waals surface area contributed by atoms with Gasteiger partial charge in [0.25, 0.3) is 0 Å². The van der Waals surface area contributed by atoms with E-state index >= 15 is 0 Å². The molecule has 12 heteroatoms. The highest BCUT2D eigenvalue weighted by molar-refractivity contribution is 7.91. The standard InChI is InChI=1S/C32H32ClNO8S2/c1-20-17-26(22-5-4-6-24(18-22)44(3,40)41)27(33)19-25(20)29-30(36)32(42-31(29)37)13-15-34(16-14-32)28(35)12-9-21-7-10-23(11-8-21)43(2,38)39/h4-8,10-11,17-19,36H,9,12-16H2,1-3H3. The predicted molar refractivity (Wildman–Crippen MR) is 167 cm³/mol. The lowest BCUT2D eigenvalue weighted by Crippen LogP contribution is -2.48. The number of ether oxygens (including phenoxy) is 1. The highest BCUT2D eigenvalue weighted by Gasteiger charge is 2.51. The van der Waals surface area contributed by atoms with Crippen LogP contribution in [0.5, 0.6) is 0 Å². The number of hydrogen-bond donors (Lipinski definition) is 1. The van der Waals surface area contributed by atoms with Gasteiger partial charge in [0.15, 0.2) is 31.0 Å². The van der Waals surface area contributed by atoms with Gasteiger partial charge in [-0.25, -0.2) is 21.6 Å². The molecule has 1 amide bonds. The average molecular weight is 658 g/mol. The number of aliphatic hydroxyl groups excluding tert-OH is 1. The maximum absolute atomic E-state index is 13.1. The van der Waals surface area contributed by atoms with Crippen molar-refractivity contribution < 1.29 is 36.3 Å². The number of hydrogen-bond acceptors (Lipinski definition) is 8. The number of piperidine rings is 1. The molecule has 5 rings (SSSR count). The first-order chi connectivity index (χ1) is 20.6. The highest BCUT2D eigenvalue weighted by Crippen LogP contribution is 2.45. The van der Waals surface area contributed by atoms with Gasteiger partial charge in [0.2, 0.25) is 5.91 Å². The summed E-state index contributed by atoms with van der Waals surface area (Å²) in [6.45, 7) is 2.34. The fraction of sp³-hybridized carbons (Fsp3) is 0.312. The van der Waals surface area contributed by atoms with E-state index in [1.54, 1.807) is 48.2 Å². The molecule has 1 spiro atoms. The van der Waals surface area contributed by atoms with E-state index in [1.165, 1.54) is 24.3 Å². The number of carbonyl (C=O) groups excluding carboxylic acids is 2. The number of amides is 1. The van der Waals surface area contributed by atoms with Crippen LogP contribution in [0.4, 0.5) is 0 Å². The van der Waals surface area contributed by atoms with Crippen LogP contribution in [0, 0.1) is 6.92 Å². The second-order valence-electron chi connectivity index (χ2n) is 11.4. The largest absolute Gasteiger partial charge is 0.507 e. The van der Waals surface area contributed by atoms with Crippen LogP contribution in [-0.2, 0) is 40.4 Å². The fourth-order valence-electron chi connectivity index (χ4n) is 5.67. The number of rotatable bonds is 7. The Hall–Kier alpha value is -3.67. The topological polar surface area (TPSA) is 135 Å². The summed E-state index contributed by atoms with van der Waals surface area (Å²) in [6.07, 6.45) is 3.41. The van der Waals surface area contributed by atoms with Crippen LogP contribution >= 0.6 is 11.6 Å². The van der Waals surface area contributed by atoms with Crippen molar-refractivity contribution in [3.63, 3.8) is 0 Å². The molecule has 3 aromatic rings. The third-order valence-corrected chi connectivity index (χ3v) is 10.8. The third-order valence-electron chi connectivity index (χ3n) is 8.22. The molecule has 232 valence electrons. The van der Waals surface area contributed by atoms with Crippen LogP contribution in [0.2, 0.25) is 5.02 Å². The minimum Gasteiger partial charge on any atom is -0.507 e. The average Bonchev–Trinajstić information content (AvgIpc) is 3.20. The van der Waals surface area contributed by atoms with Crippen LogP contribution in [0.1, 0.15) is 36.0 Å². The van der Waals surface area contributed by atoms with Gasteiger partial charge in [0.05, 0.1) is 9.79 Å². The number of sulfone groups is 2. The molecular weight excluding hydrogens is 626 g/mol. The van der Waals surface area contributed by atoms with Crippen molar-refractivity contribution in [3.8, 4) is 11.1 Å². The fourth-order valence-corrected chi connectivity index (χ4v) is 7.24. The molecule has 44 heavy (non-hydrogen) atoms. The van der Waals surface area contributed by atoms with E-state index in [4.69, 9.17) is 16.3 Å². The molecule has 0 unspecified atom stereocenters. The number of likely N-dealkylation sites (tertiary alicyclic amines) is 1. The van der Waals surface area contributed by atoms with E-state index in [1.807, 2.05) is 0 Å². The number of nitrogens with zero attached hydrogens (tertiary/aromatic N) is 1. The number of benzene rings is 3. The first kappa shape index (κ1) is 31.7. The van der Waals surface area contributed by atoms with Gasteiger partial charge in [-0.1, -0.05) is 35.9 Å². The summed E-state index contributed by atoms with van der Waals surface area (Å²) in [5.41, 5.74) is 1.86. The molecule has 0 saturated carbocycles. The lowest BCUT2D eigenvalue weighted by Gasteiger charge is -2.38. The minimum absolute atomic E-state index is 0.0261. The van der Waals surface area contributed by atoms with Gasteiger partial charge in [-0.3, -0.25) is 4.79 Å². The Balaban J connectivity index is 1.30. The molecule has 0 aromatic heterocycles. The monoisotopic (exact) mass is 657 g/mol. The summed E-state index contributed by atoms with van der Waals surface area (Å²) >= 11 is 6.63. The van der Waals surface area contributed by atoms with Crippen molar-refractivity contribution in [1.82, 2.24) is 4.90 Å². The van der Waals surface area contributed by atoms with Gasteiger partial charge in [0, 0.05) is 55.4 Å². The number of carbonyl (C=O) groups is 2. The minimum atomic E-state index is -3.43. The SMILES string of the molecule is Cc1cc(-c2cccc(S(C)(=O)=O)c2)c(Cl)cc1C1=C(O)C2(CCN(C(=O)CCc3ccc(S(C)(=O)=O)cc3)CC2)OC1=O. The predicted octanol–water partition coefficient (Wildman–Crippen LogP) is 4.94. The van der Waals surface area contributed by atoms with Crippen molar-refractivity contribution in [2.75, 3.05) is 25.6 Å². The van der Waals surface area contributed by atoms with E-state index in [-0.39, 0.29) is 64.4 Å². The zero-order valence-electron chi connectivity index (χ0n) is 24.5. The van der Waals surface area contributed by atoms with E-state index in [9.17, 15) is 31.5 Å². The zero-order valence-corrected chi connectivity index (χ0v) is 26.9. The number of aliphatic hydroxyl groups is 1. The summed E-state index contributed by atoms with van der Waals surface area (Å²) < 4.78 is 53.2. The van der Waals surface area contributed by atoms with Crippen LogP contribution in [0.15, 0.2) is 76.2 Å². The molecule has 1 N–H and O–H groups in total. The van der Waals surface area contributed by atoms with E-state index < -0.39 is 31.2 Å². The highest BCUT2D eigenvalue weighted by atomic mass is 35.5. The molecule has 0 radical (unpaired) electrons. The molecule has 9 nitrogen and oxygen atoms in total. The van der Waals surface area contributed by atoms with E-state index in [0.717, 1.165) is 18.1 Å². The van der Waals surface area contributed by atoms with Crippen molar-refractivity contribution in [2.45, 2.75) is 48.0 Å². The van der Waals surface area contributed by atoms with Crippen molar-refractivity contribution in [1.29, 1.82) is 0 Å². The first-order valence-electron chi connectivity index (χ1n) is 13.9. The Bertz CT molecular complexity index is 1910. The van der Waals surface area contributed by atoms with Crippen molar-refractivity contribution in [3.05, 3.63) is 88.1 Å². The van der Waals surface area contributed by atoms with E-state index in [2.05, 4.69) is 0 Å². The van der Waals surface area contributed by atoms with Gasteiger partial charge >= 0.3 is 5.97 Å². The van der Waals surface area contributed by atoms with Gasteiger partial charge in [0.1, 0.15) is 5.57 Å². The van der Waals surface area contributed by atoms with Crippen LogP contribution in [0.25, 0.3) is 16.7 Å². The quantitative estimate of drug-likeness (QED) is 0.353. The number of halogens is 1. The molecule has 2 aliphatic rings. The molecule has 2 heterocycles. The smallest absolute Gasteiger partial charge is 0.343 e. The Morgan fingerprint density at radius 2 is 1.57 bits per heavy atom. The maximum Gasteiger partial charge on any atom is 0.343 e. The summed E-state index contributed by atoms with van der Waals surface area (Å²) in [4.78, 5) is 28.1. The molecular formula is C32H32ClNO8S2. The normalized spacial score (nSPS) is 16.8. The lowest BCUT2D eigenvalue weighted by molar-refractivity contribution is -0.152. The summed E-state index contributed by atoms with van der Waals surface area (Å²) in [5, 5.41) is 11.6. The third kappa shape index (κ3) is 6.27. The Morgan fingerprint density at radius 1 is 0.932 bits per heavy atom. The Morgan fingerprint density at radius 3 is 2.18 bits per heavy atom. The molecule has 2 aliphatic heterocycles. The van der Waals surface area contributed by atoms with Crippen LogP contribution < -0.4 is 0 Å². The Labute approximate surface area is 261 Å². The molecule has 0 aliphatic carbocycles. The zero-order chi connectivity index (χ0) is 32.0. The lowest BCUT2D eigenvalue weighted by atomic mass is 9.86. The molecule has 0 bridgehead atoms. The van der Waals surface area contributed by atoms with Crippen LogP contribution in [-0.4, -0.2) is 69.9 Å². The summed E-state index contributed by atoms with van der Waals surface area (Å²) in [7, 11) is -6.72. The van der Waals surface area contributed by atoms with Gasteiger partial charge < -0.3 is 14.7 Å². The first-order valence-corrected chi connectivity index (χ1v) is 18.1. The molecule has 1 fully saturated rings. The van der Waals surface area contributed by atoms with E-state index in [0.29, 0.717) is 28.7 Å². The summed E-state index contributed by atoms with van der Waals surface area (Å²) in [5.74, 6) is -0.949. The van der Waals surface area contributed by atoms with Gasteiger partial charge in [-0.05, 0) is 72.0 Å². The summed E-state index contributed by atoms with van der Waals surface area (Å²) in [6, 6.07) is 16.2. The maximum atomic E-state index is 13.1. The van der Waals surface area contributed by atoms with Gasteiger partial charge in [-0.15, -0.1) is 0 Å². The Kier molecular flexibility index (Phi) is 8.43. The molecule has 0 atom stereocenters. The van der Waals surface area contributed by atoms with Crippen molar-refractivity contribution in [2.24, 2.45) is 0 Å². The van der Waals surface area contributed by atoms with Crippen LogP contribution in [0.3, 0.4) is 0 Å². The second kappa shape index (κ2) is 11.7. The molecule has 1 saturated heterocycles.